The van der Waals surface area contributed by atoms with Gasteiger partial charge < -0.3 is 5.11 Å². The number of fused-ring (bicyclic) bond motifs is 2. The highest BCUT2D eigenvalue weighted by Gasteiger charge is 2.21. The molecule has 0 spiro atoms. The summed E-state index contributed by atoms with van der Waals surface area (Å²) < 4.78 is 0. The largest absolute Gasteiger partial charge is 0.508 e. The lowest BCUT2D eigenvalue weighted by atomic mass is 9.98. The second-order valence-corrected chi connectivity index (χ2v) is 6.95. The first-order valence-corrected chi connectivity index (χ1v) is 8.30. The number of ketones is 1. The van der Waals surface area contributed by atoms with Gasteiger partial charge in [-0.2, -0.15) is 0 Å². The van der Waals surface area contributed by atoms with Crippen molar-refractivity contribution in [2.75, 3.05) is 0 Å². The number of carbonyl (C=O) groups is 1. The highest BCUT2D eigenvalue weighted by molar-refractivity contribution is 7.99. The second-order valence-electron chi connectivity index (χ2n) is 5.41. The van der Waals surface area contributed by atoms with Crippen molar-refractivity contribution in [1.82, 2.24) is 0 Å². The van der Waals surface area contributed by atoms with Crippen LogP contribution in [0.25, 0.3) is 11.1 Å². The van der Waals surface area contributed by atoms with Gasteiger partial charge in [0.1, 0.15) is 5.75 Å². The molecule has 0 fully saturated rings. The van der Waals surface area contributed by atoms with Crippen LogP contribution in [-0.4, -0.2) is 10.9 Å². The van der Waals surface area contributed by atoms with Gasteiger partial charge in [-0.3, -0.25) is 4.79 Å². The fourth-order valence-corrected chi connectivity index (χ4v) is 4.47. The van der Waals surface area contributed by atoms with Crippen molar-refractivity contribution in [2.45, 2.75) is 9.79 Å². The van der Waals surface area contributed by atoms with E-state index in [4.69, 9.17) is 0 Å². The molecule has 0 saturated heterocycles. The van der Waals surface area contributed by atoms with Gasteiger partial charge in [-0.1, -0.05) is 36.4 Å². The zero-order chi connectivity index (χ0) is 15.1. The monoisotopic (exact) mass is 307 g/mol. The van der Waals surface area contributed by atoms with Crippen LogP contribution in [0, 0.1) is 0 Å². The van der Waals surface area contributed by atoms with E-state index in [9.17, 15) is 9.90 Å². The normalized spacial score (nSPS) is 13.0. The molecule has 22 heavy (non-hydrogen) atoms. The Hall–Kier alpha value is -2.52. The van der Waals surface area contributed by atoms with Crippen molar-refractivity contribution in [3.05, 3.63) is 77.9 Å². The highest BCUT2D eigenvalue weighted by Crippen LogP contribution is 2.41. The molecule has 3 aromatic rings. The van der Waals surface area contributed by atoms with Gasteiger partial charge in [0.25, 0.3) is 0 Å². The Morgan fingerprint density at radius 1 is 0.727 bits per heavy atom. The zero-order valence-electron chi connectivity index (χ0n) is 11.8. The van der Waals surface area contributed by atoms with Crippen LogP contribution < -0.4 is 0 Å². The molecule has 0 aromatic heterocycles. The van der Waals surface area contributed by atoms with Crippen LogP contribution in [0.15, 0.2) is 76.5 Å². The summed E-state index contributed by atoms with van der Waals surface area (Å²) in [6.07, 6.45) is 0. The maximum absolute atomic E-state index is 12.6. The van der Waals surface area contributed by atoms with Crippen LogP contribution in [0.2, 0.25) is 0 Å². The van der Waals surface area contributed by atoms with Gasteiger partial charge in [-0.05, 0) is 51.2 Å². The predicted molar refractivity (Wildman–Crippen MR) is 91.7 cm³/mol. The molecule has 2 nitrogen and oxygen atoms in total. The number of rotatable bonds is 1. The van der Waals surface area contributed by atoms with Crippen molar-refractivity contribution < 1.29 is 9.90 Å². The number of phenols is 1. The Kier molecular flexibility index (Phi) is 3.01. The van der Waals surface area contributed by atoms with E-state index in [0.29, 0.717) is 0 Å². The molecule has 0 bridgehead atoms. The summed E-state index contributed by atoms with van der Waals surface area (Å²) in [6.45, 7) is 0. The van der Waals surface area contributed by atoms with Crippen molar-refractivity contribution in [3.8, 4) is 16.9 Å². The molecule has 1 radical (unpaired) electrons. The Morgan fingerprint density at radius 2 is 1.50 bits per heavy atom. The summed E-state index contributed by atoms with van der Waals surface area (Å²) in [5, 5.41) is 9.64. The van der Waals surface area contributed by atoms with Crippen molar-refractivity contribution in [2.24, 2.45) is 0 Å². The lowest BCUT2D eigenvalue weighted by molar-refractivity contribution is 0.103. The summed E-state index contributed by atoms with van der Waals surface area (Å²) in [7, 11) is 0. The highest BCUT2D eigenvalue weighted by atomic mass is 32.2. The SMILES string of the molecule is O=C1c2ccccc2[SH3]c2cc(-c3cccc(O)c3)ccc21. The minimum absolute atomic E-state index is 0.0804. The molecule has 3 aromatic carbocycles. The molecule has 3 heteroatoms. The molecule has 4 rings (SSSR count). The molecule has 109 valence electrons. The Balaban J connectivity index is 1.82. The first-order chi connectivity index (χ1) is 10.7. The third-order valence-corrected chi connectivity index (χ3v) is 5.60. The summed E-state index contributed by atoms with van der Waals surface area (Å²) in [5.74, 6) is 0.371. The summed E-state index contributed by atoms with van der Waals surface area (Å²) in [4.78, 5) is 14.9. The maximum Gasteiger partial charge on any atom is 0.195 e. The van der Waals surface area contributed by atoms with E-state index in [-0.39, 0.29) is 23.3 Å². The summed E-state index contributed by atoms with van der Waals surface area (Å²) in [6, 6.07) is 21.0. The van der Waals surface area contributed by atoms with Crippen molar-refractivity contribution >= 4 is 17.5 Å². The molecule has 1 aliphatic rings. The number of aromatic hydroxyl groups is 1. The molecule has 1 N–H and O–H groups in total. The molecule has 0 saturated carbocycles. The van der Waals surface area contributed by atoms with Gasteiger partial charge in [0, 0.05) is 11.1 Å². The molecule has 0 aliphatic carbocycles. The van der Waals surface area contributed by atoms with Gasteiger partial charge >= 0.3 is 0 Å². The molecule has 0 unspecified atom stereocenters. The topological polar surface area (TPSA) is 37.3 Å². The average Bonchev–Trinajstić information content (AvgIpc) is 2.55. The van der Waals surface area contributed by atoms with Crippen LogP contribution in [0.3, 0.4) is 0 Å². The summed E-state index contributed by atoms with van der Waals surface area (Å²) >= 11 is -0.0804. The van der Waals surface area contributed by atoms with Gasteiger partial charge in [0.05, 0.1) is 0 Å². The molecule has 0 amide bonds. The Morgan fingerprint density at radius 3 is 2.36 bits per heavy atom. The van der Waals surface area contributed by atoms with E-state index < -0.39 is 0 Å². The quantitative estimate of drug-likeness (QED) is 0.578. The average molecular weight is 307 g/mol. The van der Waals surface area contributed by atoms with E-state index in [0.717, 1.165) is 32.0 Å². The third kappa shape index (κ3) is 2.11. The van der Waals surface area contributed by atoms with Crippen LogP contribution in [0.1, 0.15) is 15.9 Å². The fraction of sp³-hybridized carbons (Fsp3) is 0. The molecular weight excluding hydrogens is 292 g/mol. The van der Waals surface area contributed by atoms with Crippen LogP contribution in [0.5, 0.6) is 5.75 Å². The third-order valence-electron chi connectivity index (χ3n) is 3.99. The van der Waals surface area contributed by atoms with E-state index in [1.165, 1.54) is 0 Å². The minimum Gasteiger partial charge on any atom is -0.508 e. The lowest BCUT2D eigenvalue weighted by Crippen LogP contribution is -2.09. The second kappa shape index (κ2) is 5.04. The van der Waals surface area contributed by atoms with E-state index in [1.54, 1.807) is 12.1 Å². The number of carbonyl (C=O) groups excluding carboxylic acids is 1. The first kappa shape index (κ1) is 13.2. The standard InChI is InChI=1S/C19H15O2S/c20-14-5-3-4-12(10-14)13-8-9-16-18(11-13)22-17-7-2-1-6-15(17)19(16)21/h1-11,20H,22H3. The zero-order valence-corrected chi connectivity index (χ0v) is 12.9. The van der Waals surface area contributed by atoms with Crippen molar-refractivity contribution in [3.63, 3.8) is 0 Å². The Labute approximate surface area is 132 Å². The van der Waals surface area contributed by atoms with Gasteiger partial charge in [-0.25, -0.2) is 11.8 Å². The lowest BCUT2D eigenvalue weighted by Gasteiger charge is -2.21. The Bertz CT molecular complexity index is 899. The molecule has 1 heterocycles. The van der Waals surface area contributed by atoms with Crippen LogP contribution in [-0.2, 0) is 0 Å². The van der Waals surface area contributed by atoms with E-state index >= 15 is 0 Å². The van der Waals surface area contributed by atoms with Gasteiger partial charge in [0.2, 0.25) is 0 Å². The van der Waals surface area contributed by atoms with Gasteiger partial charge in [-0.15, -0.1) is 0 Å². The van der Waals surface area contributed by atoms with Crippen LogP contribution in [0.4, 0.5) is 0 Å². The molecule has 1 aliphatic heterocycles. The van der Waals surface area contributed by atoms with Crippen LogP contribution >= 0.6 is 11.8 Å². The van der Waals surface area contributed by atoms with Gasteiger partial charge in [0.15, 0.2) is 5.78 Å². The fourth-order valence-electron chi connectivity index (χ4n) is 2.90. The van der Waals surface area contributed by atoms with E-state index in [2.05, 4.69) is 6.07 Å². The molecule has 0 atom stereocenters. The number of hydrogen-bond acceptors (Lipinski definition) is 2. The molecular formula is C19H15O2S. The number of hydrogen-bond donors (Lipinski definition) is 1. The summed E-state index contributed by atoms with van der Waals surface area (Å²) in [5.41, 5.74) is 3.66. The van der Waals surface area contributed by atoms with E-state index in [1.807, 2.05) is 48.5 Å². The first-order valence-electron chi connectivity index (χ1n) is 7.14. The maximum atomic E-state index is 12.6. The smallest absolute Gasteiger partial charge is 0.195 e. The number of benzene rings is 3. The van der Waals surface area contributed by atoms with Crippen molar-refractivity contribution in [1.29, 1.82) is 0 Å². The minimum atomic E-state index is -0.0804. The number of phenolic OH excluding ortho intramolecular Hbond substituents is 1. The predicted octanol–water partition coefficient (Wildman–Crippen LogP) is 3.95.